The topological polar surface area (TPSA) is 131 Å². The second-order valence-corrected chi connectivity index (χ2v) is 7.17. The maximum absolute atomic E-state index is 12.3. The highest BCUT2D eigenvalue weighted by Gasteiger charge is 2.22. The fourth-order valence-electron chi connectivity index (χ4n) is 3.11. The molecule has 0 aliphatic carbocycles. The minimum atomic E-state index is -0.724. The number of nitro benzene ring substituents is 1. The van der Waals surface area contributed by atoms with Crippen LogP contribution in [0.1, 0.15) is 30.4 Å². The van der Waals surface area contributed by atoms with Crippen molar-refractivity contribution in [3.63, 3.8) is 0 Å². The second-order valence-electron chi connectivity index (χ2n) is 7.17. The number of carbonyl (C=O) groups excluding carboxylic acids is 3. The standard InChI is InChI=1S/C22H22N4O6/c1-15-7-8-18(19(13-15)26(30)31)23-20(27)14-32-22(29)10-9-21(28)25-12-11-17(24-25)16-5-3-2-4-6-16/h2-8,13H,9-12,14H2,1H3,(H,23,27). The molecule has 1 aliphatic rings. The second kappa shape index (κ2) is 10.3. The van der Waals surface area contributed by atoms with Crippen LogP contribution in [-0.2, 0) is 19.1 Å². The smallest absolute Gasteiger partial charge is 0.306 e. The highest BCUT2D eigenvalue weighted by molar-refractivity contribution is 6.02. The molecule has 32 heavy (non-hydrogen) atoms. The molecule has 0 atom stereocenters. The highest BCUT2D eigenvalue weighted by Crippen LogP contribution is 2.25. The van der Waals surface area contributed by atoms with Crippen molar-refractivity contribution >= 4 is 34.9 Å². The molecule has 1 aliphatic heterocycles. The van der Waals surface area contributed by atoms with E-state index in [4.69, 9.17) is 4.74 Å². The largest absolute Gasteiger partial charge is 0.456 e. The molecule has 0 fully saturated rings. The van der Waals surface area contributed by atoms with E-state index in [9.17, 15) is 24.5 Å². The number of rotatable bonds is 8. The summed E-state index contributed by atoms with van der Waals surface area (Å²) in [6.07, 6.45) is 0.324. The molecule has 0 spiro atoms. The number of nitrogens with one attached hydrogen (secondary N) is 1. The van der Waals surface area contributed by atoms with Crippen LogP contribution in [0, 0.1) is 17.0 Å². The summed E-state index contributed by atoms with van der Waals surface area (Å²) >= 11 is 0. The molecule has 1 heterocycles. The number of amides is 2. The van der Waals surface area contributed by atoms with Gasteiger partial charge in [-0.2, -0.15) is 5.10 Å². The predicted octanol–water partition coefficient (Wildman–Crippen LogP) is 2.80. The Morgan fingerprint density at radius 1 is 1.16 bits per heavy atom. The number of hydrazone groups is 1. The van der Waals surface area contributed by atoms with Crippen molar-refractivity contribution in [1.29, 1.82) is 0 Å². The van der Waals surface area contributed by atoms with Crippen molar-refractivity contribution in [2.24, 2.45) is 5.10 Å². The van der Waals surface area contributed by atoms with Crippen molar-refractivity contribution in [2.45, 2.75) is 26.2 Å². The minimum Gasteiger partial charge on any atom is -0.456 e. The van der Waals surface area contributed by atoms with Gasteiger partial charge in [-0.1, -0.05) is 36.4 Å². The van der Waals surface area contributed by atoms with Crippen molar-refractivity contribution in [3.05, 3.63) is 69.8 Å². The van der Waals surface area contributed by atoms with Gasteiger partial charge in [-0.3, -0.25) is 24.5 Å². The molecule has 0 saturated carbocycles. The fraction of sp³-hybridized carbons (Fsp3) is 0.273. The summed E-state index contributed by atoms with van der Waals surface area (Å²) in [6.45, 7) is 1.52. The third kappa shape index (κ3) is 5.97. The Kier molecular flexibility index (Phi) is 7.27. The Morgan fingerprint density at radius 2 is 1.91 bits per heavy atom. The molecule has 10 nitrogen and oxygen atoms in total. The average molecular weight is 438 g/mol. The minimum absolute atomic E-state index is 0.0120. The fourth-order valence-corrected chi connectivity index (χ4v) is 3.11. The van der Waals surface area contributed by atoms with Gasteiger partial charge in [-0.25, -0.2) is 5.01 Å². The normalized spacial score (nSPS) is 12.8. The van der Waals surface area contributed by atoms with Crippen LogP contribution in [-0.4, -0.2) is 46.6 Å². The third-order valence-corrected chi connectivity index (χ3v) is 4.73. The average Bonchev–Trinajstić information content (AvgIpc) is 3.28. The van der Waals surface area contributed by atoms with E-state index in [1.807, 2.05) is 30.3 Å². The van der Waals surface area contributed by atoms with E-state index in [0.29, 0.717) is 18.5 Å². The number of nitro groups is 1. The van der Waals surface area contributed by atoms with Gasteiger partial charge in [0.15, 0.2) is 6.61 Å². The van der Waals surface area contributed by atoms with Crippen LogP contribution in [0.3, 0.4) is 0 Å². The lowest BCUT2D eigenvalue weighted by Gasteiger charge is -2.11. The Balaban J connectivity index is 1.44. The summed E-state index contributed by atoms with van der Waals surface area (Å²) in [4.78, 5) is 46.7. The zero-order valence-electron chi connectivity index (χ0n) is 17.4. The summed E-state index contributed by atoms with van der Waals surface area (Å²) in [5.41, 5.74) is 2.18. The molecule has 0 bridgehead atoms. The molecule has 0 radical (unpaired) electrons. The van der Waals surface area contributed by atoms with E-state index in [1.54, 1.807) is 13.0 Å². The number of hydrogen-bond donors (Lipinski definition) is 1. The number of esters is 1. The first-order valence-electron chi connectivity index (χ1n) is 9.97. The Morgan fingerprint density at radius 3 is 2.62 bits per heavy atom. The van der Waals surface area contributed by atoms with Gasteiger partial charge in [-0.15, -0.1) is 0 Å². The highest BCUT2D eigenvalue weighted by atomic mass is 16.6. The number of benzene rings is 2. The molecule has 0 unspecified atom stereocenters. The molecular formula is C22H22N4O6. The first kappa shape index (κ1) is 22.6. The number of anilines is 1. The van der Waals surface area contributed by atoms with Gasteiger partial charge in [-0.05, 0) is 24.1 Å². The van der Waals surface area contributed by atoms with Crippen LogP contribution >= 0.6 is 0 Å². The van der Waals surface area contributed by atoms with Crippen LogP contribution in [0.2, 0.25) is 0 Å². The predicted molar refractivity (Wildman–Crippen MR) is 116 cm³/mol. The number of ether oxygens (including phenoxy) is 1. The van der Waals surface area contributed by atoms with Crippen molar-refractivity contribution in [1.82, 2.24) is 5.01 Å². The summed E-state index contributed by atoms with van der Waals surface area (Å²) in [5, 5.41) is 19.1. The van der Waals surface area contributed by atoms with Crippen molar-refractivity contribution in [2.75, 3.05) is 18.5 Å². The Labute approximate surface area is 184 Å². The summed E-state index contributed by atoms with van der Waals surface area (Å²) < 4.78 is 4.88. The molecular weight excluding hydrogens is 416 g/mol. The molecule has 0 saturated heterocycles. The van der Waals surface area contributed by atoms with E-state index >= 15 is 0 Å². The van der Waals surface area contributed by atoms with Gasteiger partial charge in [0, 0.05) is 18.9 Å². The van der Waals surface area contributed by atoms with Gasteiger partial charge in [0.25, 0.3) is 11.6 Å². The lowest BCUT2D eigenvalue weighted by atomic mass is 10.1. The van der Waals surface area contributed by atoms with Crippen molar-refractivity contribution in [3.8, 4) is 0 Å². The quantitative estimate of drug-likeness (QED) is 0.383. The monoisotopic (exact) mass is 438 g/mol. The van der Waals surface area contributed by atoms with Gasteiger partial charge in [0.1, 0.15) is 5.69 Å². The van der Waals surface area contributed by atoms with Crippen LogP contribution in [0.5, 0.6) is 0 Å². The van der Waals surface area contributed by atoms with Gasteiger partial charge in [0.2, 0.25) is 5.91 Å². The first-order valence-corrected chi connectivity index (χ1v) is 9.97. The summed E-state index contributed by atoms with van der Waals surface area (Å²) in [7, 11) is 0. The lowest BCUT2D eigenvalue weighted by Crippen LogP contribution is -2.25. The molecule has 3 rings (SSSR count). The summed E-state index contributed by atoms with van der Waals surface area (Å²) in [5.74, 6) is -1.75. The Bertz CT molecular complexity index is 1070. The van der Waals surface area contributed by atoms with E-state index in [0.717, 1.165) is 11.3 Å². The number of aryl methyl sites for hydroxylation is 1. The van der Waals surface area contributed by atoms with Crippen LogP contribution in [0.25, 0.3) is 0 Å². The number of nitrogens with zero attached hydrogens (tertiary/aromatic N) is 3. The van der Waals surface area contributed by atoms with Gasteiger partial charge < -0.3 is 10.1 Å². The van der Waals surface area contributed by atoms with Gasteiger partial charge >= 0.3 is 5.97 Å². The maximum Gasteiger partial charge on any atom is 0.306 e. The number of carbonyl (C=O) groups is 3. The zero-order chi connectivity index (χ0) is 23.1. The van der Waals surface area contributed by atoms with E-state index in [-0.39, 0.29) is 30.1 Å². The molecule has 166 valence electrons. The maximum atomic E-state index is 12.3. The van der Waals surface area contributed by atoms with Crippen LogP contribution < -0.4 is 5.32 Å². The van der Waals surface area contributed by atoms with Crippen molar-refractivity contribution < 1.29 is 24.0 Å². The van der Waals surface area contributed by atoms with E-state index in [1.165, 1.54) is 17.1 Å². The van der Waals surface area contributed by atoms with E-state index in [2.05, 4.69) is 10.4 Å². The van der Waals surface area contributed by atoms with Crippen LogP contribution in [0.15, 0.2) is 53.6 Å². The molecule has 10 heteroatoms. The van der Waals surface area contributed by atoms with E-state index < -0.39 is 23.4 Å². The number of hydrogen-bond acceptors (Lipinski definition) is 7. The SMILES string of the molecule is Cc1ccc(NC(=O)COC(=O)CCC(=O)N2CCC(c3ccccc3)=N2)c([N+](=O)[O-])c1. The molecule has 1 N–H and O–H groups in total. The molecule has 2 aromatic rings. The Hall–Kier alpha value is -4.08. The first-order chi connectivity index (χ1) is 15.3. The van der Waals surface area contributed by atoms with Gasteiger partial charge in [0.05, 0.1) is 23.6 Å². The molecule has 2 aromatic carbocycles. The zero-order valence-corrected chi connectivity index (χ0v) is 17.4. The van der Waals surface area contributed by atoms with Crippen LogP contribution in [0.4, 0.5) is 11.4 Å². The lowest BCUT2D eigenvalue weighted by molar-refractivity contribution is -0.384. The molecule has 0 aromatic heterocycles. The third-order valence-electron chi connectivity index (χ3n) is 4.73. The summed E-state index contributed by atoms with van der Waals surface area (Å²) in [6, 6.07) is 13.9. The molecule has 2 amide bonds.